The lowest BCUT2D eigenvalue weighted by Gasteiger charge is -2.40. The van der Waals surface area contributed by atoms with Gasteiger partial charge in [-0.25, -0.2) is 0 Å². The van der Waals surface area contributed by atoms with Gasteiger partial charge in [0.2, 0.25) is 11.4 Å². The molecule has 17 heavy (non-hydrogen) atoms. The number of ether oxygens (including phenoxy) is 1. The molecular weight excluding hydrogens is 216 g/mol. The number of hydrogen-bond donors (Lipinski definition) is 0. The van der Waals surface area contributed by atoms with Crippen molar-refractivity contribution in [1.29, 1.82) is 0 Å². The van der Waals surface area contributed by atoms with Crippen molar-refractivity contribution < 1.29 is 13.9 Å². The van der Waals surface area contributed by atoms with Crippen molar-refractivity contribution in [2.45, 2.75) is 38.7 Å². The van der Waals surface area contributed by atoms with E-state index >= 15 is 0 Å². The van der Waals surface area contributed by atoms with Crippen LogP contribution in [0.4, 0.5) is 0 Å². The highest BCUT2D eigenvalue weighted by molar-refractivity contribution is 6.12. The lowest BCUT2D eigenvalue weighted by molar-refractivity contribution is -0.141. The second kappa shape index (κ2) is 4.49. The molecular formula is C14H18O3. The second-order valence-electron chi connectivity index (χ2n) is 4.40. The molecule has 0 N–H and O–H groups in total. The predicted octanol–water partition coefficient (Wildman–Crippen LogP) is 3.21. The molecule has 1 aliphatic rings. The van der Waals surface area contributed by atoms with Gasteiger partial charge >= 0.3 is 0 Å². The van der Waals surface area contributed by atoms with Crippen LogP contribution in [0.1, 0.15) is 38.9 Å². The Kier molecular flexibility index (Phi) is 3.20. The number of ketones is 1. The fourth-order valence-corrected chi connectivity index (χ4v) is 2.48. The highest BCUT2D eigenvalue weighted by Gasteiger charge is 2.54. The molecule has 1 unspecified atom stereocenters. The van der Waals surface area contributed by atoms with Gasteiger partial charge in [-0.15, -0.1) is 0 Å². The second-order valence-corrected chi connectivity index (χ2v) is 4.40. The van der Waals surface area contributed by atoms with Crippen LogP contribution in [0.5, 0.6) is 0 Å². The summed E-state index contributed by atoms with van der Waals surface area (Å²) >= 11 is 0. The summed E-state index contributed by atoms with van der Waals surface area (Å²) in [5.74, 6) is 0.642. The van der Waals surface area contributed by atoms with Gasteiger partial charge in [0, 0.05) is 12.7 Å². The summed E-state index contributed by atoms with van der Waals surface area (Å²) in [4.78, 5) is 12.3. The Balaban J connectivity index is 2.34. The molecule has 0 amide bonds. The van der Waals surface area contributed by atoms with Gasteiger partial charge in [-0.2, -0.15) is 0 Å². The minimum Gasteiger partial charge on any atom is -0.465 e. The molecule has 0 aliphatic heterocycles. The van der Waals surface area contributed by atoms with Crippen LogP contribution in [0.15, 0.2) is 34.0 Å². The van der Waals surface area contributed by atoms with Crippen LogP contribution in [0.3, 0.4) is 0 Å². The number of carbonyl (C=O) groups excluding carboxylic acids is 1. The van der Waals surface area contributed by atoms with E-state index in [1.807, 2.05) is 6.92 Å². The van der Waals surface area contributed by atoms with Gasteiger partial charge in [-0.3, -0.25) is 4.79 Å². The molecule has 0 radical (unpaired) electrons. The summed E-state index contributed by atoms with van der Waals surface area (Å²) in [5, 5.41) is 0. The Morgan fingerprint density at radius 3 is 2.71 bits per heavy atom. The lowest BCUT2D eigenvalue weighted by Crippen LogP contribution is -2.48. The van der Waals surface area contributed by atoms with Gasteiger partial charge < -0.3 is 9.15 Å². The molecule has 1 atom stereocenters. The van der Waals surface area contributed by atoms with E-state index in [4.69, 9.17) is 9.15 Å². The maximum Gasteiger partial charge on any atom is 0.209 e. The molecule has 0 fully saturated rings. The average Bonchev–Trinajstić information content (AvgIpc) is 2.85. The zero-order valence-electron chi connectivity index (χ0n) is 10.6. The van der Waals surface area contributed by atoms with Crippen molar-refractivity contribution in [3.05, 3.63) is 35.3 Å². The molecule has 2 rings (SSSR count). The van der Waals surface area contributed by atoms with Crippen molar-refractivity contribution in [3.63, 3.8) is 0 Å². The first-order chi connectivity index (χ1) is 8.18. The smallest absolute Gasteiger partial charge is 0.209 e. The fourth-order valence-electron chi connectivity index (χ4n) is 2.48. The number of methoxy groups -OCH3 is 1. The van der Waals surface area contributed by atoms with Crippen LogP contribution >= 0.6 is 0 Å². The topological polar surface area (TPSA) is 39.4 Å². The number of hydrogen-bond acceptors (Lipinski definition) is 3. The van der Waals surface area contributed by atoms with Crippen molar-refractivity contribution in [2.75, 3.05) is 7.11 Å². The van der Waals surface area contributed by atoms with Crippen LogP contribution in [0.2, 0.25) is 0 Å². The summed E-state index contributed by atoms with van der Waals surface area (Å²) in [7, 11) is 1.56. The van der Waals surface area contributed by atoms with Gasteiger partial charge in [-0.1, -0.05) is 13.3 Å². The zero-order valence-corrected chi connectivity index (χ0v) is 10.6. The predicted molar refractivity (Wildman–Crippen MR) is 64.6 cm³/mol. The van der Waals surface area contributed by atoms with Crippen LogP contribution in [0.25, 0.3) is 0 Å². The Morgan fingerprint density at radius 1 is 1.47 bits per heavy atom. The first kappa shape index (κ1) is 12.1. The lowest BCUT2D eigenvalue weighted by atomic mass is 9.69. The third-order valence-electron chi connectivity index (χ3n) is 3.53. The van der Waals surface area contributed by atoms with Gasteiger partial charge in [0.1, 0.15) is 5.76 Å². The number of rotatable bonds is 5. The van der Waals surface area contributed by atoms with Crippen molar-refractivity contribution >= 4 is 5.78 Å². The molecule has 1 aromatic rings. The first-order valence-corrected chi connectivity index (χ1v) is 6.02. The summed E-state index contributed by atoms with van der Waals surface area (Å²) in [6.07, 6.45) is 4.54. The summed E-state index contributed by atoms with van der Waals surface area (Å²) in [5.41, 5.74) is 0.950. The highest BCUT2D eigenvalue weighted by Crippen LogP contribution is 2.47. The molecule has 0 aromatic carbocycles. The summed E-state index contributed by atoms with van der Waals surface area (Å²) in [6.45, 7) is 4.08. The highest BCUT2D eigenvalue weighted by atomic mass is 16.5. The van der Waals surface area contributed by atoms with Gasteiger partial charge in [0.15, 0.2) is 0 Å². The number of carbonyl (C=O) groups is 1. The fraction of sp³-hybridized carbons (Fsp3) is 0.500. The number of furan rings is 1. The van der Waals surface area contributed by atoms with E-state index in [1.54, 1.807) is 25.5 Å². The minimum absolute atomic E-state index is 0.0564. The molecule has 3 nitrogen and oxygen atoms in total. The quantitative estimate of drug-likeness (QED) is 0.785. The van der Waals surface area contributed by atoms with E-state index < -0.39 is 5.60 Å². The molecule has 3 heteroatoms. The van der Waals surface area contributed by atoms with Crippen LogP contribution in [-0.4, -0.2) is 12.9 Å². The SMILES string of the molecule is CCCCC1=C(C)C(OC)(c2ccco2)C1=O. The molecule has 0 saturated heterocycles. The van der Waals surface area contributed by atoms with Crippen molar-refractivity contribution in [3.8, 4) is 0 Å². The molecule has 1 aromatic heterocycles. The number of unbranched alkanes of at least 4 members (excludes halogenated alkanes) is 1. The summed E-state index contributed by atoms with van der Waals surface area (Å²) in [6, 6.07) is 3.57. The van der Waals surface area contributed by atoms with E-state index in [0.717, 1.165) is 30.4 Å². The number of Topliss-reactive ketones (excluding diaryl/α,β-unsaturated/α-hetero) is 1. The average molecular weight is 234 g/mol. The Morgan fingerprint density at radius 2 is 2.24 bits per heavy atom. The molecule has 92 valence electrons. The van der Waals surface area contributed by atoms with Gasteiger partial charge in [0.25, 0.3) is 0 Å². The minimum atomic E-state index is -0.952. The first-order valence-electron chi connectivity index (χ1n) is 6.02. The Labute approximate surface area is 101 Å². The van der Waals surface area contributed by atoms with E-state index in [2.05, 4.69) is 6.92 Å². The van der Waals surface area contributed by atoms with Crippen molar-refractivity contribution in [2.24, 2.45) is 0 Å². The molecule has 0 saturated carbocycles. The molecule has 0 spiro atoms. The van der Waals surface area contributed by atoms with Gasteiger partial charge in [-0.05, 0) is 37.5 Å². The van der Waals surface area contributed by atoms with Gasteiger partial charge in [0.05, 0.1) is 6.26 Å². The Bertz CT molecular complexity index is 442. The molecule has 1 heterocycles. The van der Waals surface area contributed by atoms with Crippen LogP contribution < -0.4 is 0 Å². The van der Waals surface area contributed by atoms with E-state index in [1.165, 1.54) is 0 Å². The Hall–Kier alpha value is -1.35. The third kappa shape index (κ3) is 1.57. The normalized spacial score (nSPS) is 24.1. The van der Waals surface area contributed by atoms with Crippen LogP contribution in [-0.2, 0) is 15.1 Å². The van der Waals surface area contributed by atoms with Crippen LogP contribution in [0, 0.1) is 0 Å². The van der Waals surface area contributed by atoms with E-state index in [0.29, 0.717) is 5.76 Å². The molecule has 1 aliphatic carbocycles. The third-order valence-corrected chi connectivity index (χ3v) is 3.53. The van der Waals surface area contributed by atoms with Crippen molar-refractivity contribution in [1.82, 2.24) is 0 Å². The standard InChI is InChI=1S/C14H18O3/c1-4-5-7-11-10(2)14(16-3,13(11)15)12-8-6-9-17-12/h6,8-9H,4-5,7H2,1-3H3. The summed E-state index contributed by atoms with van der Waals surface area (Å²) < 4.78 is 10.8. The van der Waals surface area contributed by atoms with E-state index in [-0.39, 0.29) is 5.78 Å². The van der Waals surface area contributed by atoms with E-state index in [9.17, 15) is 4.79 Å². The maximum absolute atomic E-state index is 12.3. The maximum atomic E-state index is 12.3. The zero-order chi connectivity index (χ0) is 12.5. The monoisotopic (exact) mass is 234 g/mol. The molecule has 0 bridgehead atoms. The largest absolute Gasteiger partial charge is 0.465 e.